The molecule has 2 heteroatoms. The van der Waals surface area contributed by atoms with Gasteiger partial charge in [0.15, 0.2) is 0 Å². The summed E-state index contributed by atoms with van der Waals surface area (Å²) in [5.74, 6) is 0.141. The number of benzene rings is 5. The molecular formula is C37H38N2. The number of hydrogen-bond acceptors (Lipinski definition) is 2. The number of hydrogen-bond donors (Lipinski definition) is 1. The Bertz CT molecular complexity index is 1530. The van der Waals surface area contributed by atoms with Crippen LogP contribution in [0.1, 0.15) is 53.1 Å². The van der Waals surface area contributed by atoms with E-state index in [-0.39, 0.29) is 5.92 Å². The van der Waals surface area contributed by atoms with Gasteiger partial charge in [0.2, 0.25) is 0 Å². The van der Waals surface area contributed by atoms with E-state index < -0.39 is 0 Å². The first-order chi connectivity index (χ1) is 19.1. The fraction of sp³-hybridized carbons (Fsp3) is 0.189. The van der Waals surface area contributed by atoms with Crippen molar-refractivity contribution >= 4 is 28.2 Å². The second-order valence-electron chi connectivity index (χ2n) is 10.2. The SMILES string of the molecule is C=Cc1ccc(CNc2ccc(C(c3ccc(C)cc3)c3ccc(N(CC)CC)cc3)c3ccccc23)cc1. The van der Waals surface area contributed by atoms with Crippen LogP contribution in [-0.4, -0.2) is 13.1 Å². The van der Waals surface area contributed by atoms with Crippen LogP contribution in [0.15, 0.2) is 116 Å². The Morgan fingerprint density at radius 2 is 1.33 bits per heavy atom. The van der Waals surface area contributed by atoms with Crippen LogP contribution in [-0.2, 0) is 6.54 Å². The van der Waals surface area contributed by atoms with Crippen LogP contribution >= 0.6 is 0 Å². The second-order valence-corrected chi connectivity index (χ2v) is 10.2. The first kappa shape index (κ1) is 26.3. The van der Waals surface area contributed by atoms with E-state index in [1.165, 1.54) is 44.3 Å². The smallest absolute Gasteiger partial charge is 0.0422 e. The van der Waals surface area contributed by atoms with E-state index in [1.807, 2.05) is 6.08 Å². The van der Waals surface area contributed by atoms with Crippen LogP contribution in [0, 0.1) is 6.92 Å². The normalized spacial score (nSPS) is 11.8. The van der Waals surface area contributed by atoms with Crippen LogP contribution in [0.2, 0.25) is 0 Å². The average molecular weight is 511 g/mol. The summed E-state index contributed by atoms with van der Waals surface area (Å²) in [7, 11) is 0. The lowest BCUT2D eigenvalue weighted by Gasteiger charge is -2.25. The molecule has 1 atom stereocenters. The molecule has 0 radical (unpaired) electrons. The van der Waals surface area contributed by atoms with Gasteiger partial charge in [0.05, 0.1) is 0 Å². The first-order valence-electron chi connectivity index (χ1n) is 14.0. The molecule has 0 aliphatic carbocycles. The number of anilines is 2. The standard InChI is InChI=1S/C37H38N2/c1-5-28-14-16-29(17-15-28)26-38-36-25-24-35(33-10-8-9-11-34(33)36)37(30-18-12-27(4)13-19-30)31-20-22-32(23-21-31)39(6-2)7-3/h5,8-25,37-38H,1,6-7,26H2,2-4H3. The molecule has 0 aliphatic heterocycles. The number of aryl methyl sites for hydroxylation is 1. The van der Waals surface area contributed by atoms with Gasteiger partial charge in [-0.05, 0) is 72.2 Å². The van der Waals surface area contributed by atoms with Crippen LogP contribution in [0.25, 0.3) is 16.8 Å². The zero-order valence-corrected chi connectivity index (χ0v) is 23.3. The Morgan fingerprint density at radius 3 is 1.95 bits per heavy atom. The lowest BCUT2D eigenvalue weighted by molar-refractivity contribution is 0.864. The third-order valence-corrected chi connectivity index (χ3v) is 7.73. The van der Waals surface area contributed by atoms with E-state index in [9.17, 15) is 0 Å². The number of fused-ring (bicyclic) bond motifs is 1. The maximum atomic E-state index is 3.86. The van der Waals surface area contributed by atoms with Gasteiger partial charge in [0.1, 0.15) is 0 Å². The van der Waals surface area contributed by atoms with Crippen LogP contribution < -0.4 is 10.2 Å². The predicted octanol–water partition coefficient (Wildman–Crippen LogP) is 9.43. The first-order valence-corrected chi connectivity index (χ1v) is 14.0. The number of nitrogens with one attached hydrogen (secondary N) is 1. The maximum absolute atomic E-state index is 3.86. The maximum Gasteiger partial charge on any atom is 0.0422 e. The highest BCUT2D eigenvalue weighted by Gasteiger charge is 2.20. The van der Waals surface area contributed by atoms with Gasteiger partial charge in [-0.2, -0.15) is 0 Å². The summed E-state index contributed by atoms with van der Waals surface area (Å²) in [6.45, 7) is 13.2. The van der Waals surface area contributed by atoms with Gasteiger partial charge in [-0.25, -0.2) is 0 Å². The second kappa shape index (κ2) is 12.0. The van der Waals surface area contributed by atoms with Crippen molar-refractivity contribution in [2.75, 3.05) is 23.3 Å². The van der Waals surface area contributed by atoms with Gasteiger partial charge in [-0.1, -0.05) is 109 Å². The van der Waals surface area contributed by atoms with Gasteiger partial charge in [0.25, 0.3) is 0 Å². The third kappa shape index (κ3) is 5.76. The summed E-state index contributed by atoms with van der Waals surface area (Å²) in [6, 6.07) is 40.1. The largest absolute Gasteiger partial charge is 0.380 e. The van der Waals surface area contributed by atoms with E-state index in [0.717, 1.165) is 30.9 Å². The quantitative estimate of drug-likeness (QED) is 0.188. The van der Waals surface area contributed by atoms with Gasteiger partial charge < -0.3 is 10.2 Å². The molecular weight excluding hydrogens is 472 g/mol. The van der Waals surface area contributed by atoms with Crippen LogP contribution in [0.5, 0.6) is 0 Å². The highest BCUT2D eigenvalue weighted by atomic mass is 15.1. The van der Waals surface area contributed by atoms with E-state index >= 15 is 0 Å². The van der Waals surface area contributed by atoms with Crippen molar-refractivity contribution in [3.8, 4) is 0 Å². The predicted molar refractivity (Wildman–Crippen MR) is 170 cm³/mol. The molecule has 1 N–H and O–H groups in total. The zero-order valence-electron chi connectivity index (χ0n) is 23.3. The van der Waals surface area contributed by atoms with Crippen molar-refractivity contribution in [1.29, 1.82) is 0 Å². The van der Waals surface area contributed by atoms with E-state index in [2.05, 4.69) is 147 Å². The summed E-state index contributed by atoms with van der Waals surface area (Å²) < 4.78 is 0. The lowest BCUT2D eigenvalue weighted by atomic mass is 9.82. The molecule has 0 aliphatic rings. The Balaban J connectivity index is 1.55. The molecule has 39 heavy (non-hydrogen) atoms. The van der Waals surface area contributed by atoms with Gasteiger partial charge in [-0.3, -0.25) is 0 Å². The topological polar surface area (TPSA) is 15.3 Å². The Labute approximate surface area is 233 Å². The number of nitrogens with zero attached hydrogens (tertiary/aromatic N) is 1. The van der Waals surface area contributed by atoms with Crippen molar-refractivity contribution in [3.05, 3.63) is 149 Å². The van der Waals surface area contributed by atoms with Gasteiger partial charge >= 0.3 is 0 Å². The molecule has 5 rings (SSSR count). The molecule has 0 heterocycles. The molecule has 5 aromatic carbocycles. The molecule has 5 aromatic rings. The average Bonchev–Trinajstić information content (AvgIpc) is 2.99. The van der Waals surface area contributed by atoms with Crippen molar-refractivity contribution in [1.82, 2.24) is 0 Å². The lowest BCUT2D eigenvalue weighted by Crippen LogP contribution is -2.21. The van der Waals surface area contributed by atoms with Crippen LogP contribution in [0.3, 0.4) is 0 Å². The third-order valence-electron chi connectivity index (χ3n) is 7.73. The van der Waals surface area contributed by atoms with Crippen molar-refractivity contribution in [3.63, 3.8) is 0 Å². The minimum atomic E-state index is 0.141. The Morgan fingerprint density at radius 1 is 0.718 bits per heavy atom. The van der Waals surface area contributed by atoms with E-state index in [4.69, 9.17) is 0 Å². The molecule has 0 fully saturated rings. The van der Waals surface area contributed by atoms with Crippen LogP contribution in [0.4, 0.5) is 11.4 Å². The van der Waals surface area contributed by atoms with Crippen molar-refractivity contribution < 1.29 is 0 Å². The molecule has 0 saturated carbocycles. The molecule has 196 valence electrons. The Hall–Kier alpha value is -4.30. The van der Waals surface area contributed by atoms with Crippen molar-refractivity contribution in [2.45, 2.75) is 33.2 Å². The van der Waals surface area contributed by atoms with Gasteiger partial charge in [-0.15, -0.1) is 0 Å². The summed E-state index contributed by atoms with van der Waals surface area (Å²) in [5.41, 5.74) is 10.0. The molecule has 0 bridgehead atoms. The highest BCUT2D eigenvalue weighted by Crippen LogP contribution is 2.39. The summed E-state index contributed by atoms with van der Waals surface area (Å²) >= 11 is 0. The molecule has 1 unspecified atom stereocenters. The molecule has 0 saturated heterocycles. The molecule has 2 nitrogen and oxygen atoms in total. The fourth-order valence-electron chi connectivity index (χ4n) is 5.47. The molecule has 0 spiro atoms. The summed E-state index contributed by atoms with van der Waals surface area (Å²) in [5, 5.41) is 6.22. The number of rotatable bonds is 10. The van der Waals surface area contributed by atoms with E-state index in [1.54, 1.807) is 0 Å². The molecule has 0 amide bonds. The van der Waals surface area contributed by atoms with Gasteiger partial charge in [0, 0.05) is 42.3 Å². The summed E-state index contributed by atoms with van der Waals surface area (Å²) in [4.78, 5) is 2.39. The minimum absolute atomic E-state index is 0.141. The Kier molecular flexibility index (Phi) is 8.13. The highest BCUT2D eigenvalue weighted by molar-refractivity contribution is 5.97. The van der Waals surface area contributed by atoms with E-state index in [0.29, 0.717) is 0 Å². The summed E-state index contributed by atoms with van der Waals surface area (Å²) in [6.07, 6.45) is 1.88. The molecule has 0 aromatic heterocycles. The monoisotopic (exact) mass is 510 g/mol. The minimum Gasteiger partial charge on any atom is -0.380 e. The van der Waals surface area contributed by atoms with Crippen molar-refractivity contribution in [2.24, 2.45) is 0 Å². The zero-order chi connectivity index (χ0) is 27.2. The fourth-order valence-corrected chi connectivity index (χ4v) is 5.47.